The van der Waals surface area contributed by atoms with Gasteiger partial charge in [0.2, 0.25) is 16.0 Å². The molecule has 1 atom stereocenters. The van der Waals surface area contributed by atoms with Crippen molar-refractivity contribution in [1.29, 1.82) is 0 Å². The number of amides is 1. The summed E-state index contributed by atoms with van der Waals surface area (Å²) in [6, 6.07) is 2.40. The number of carbonyl (C=O) groups excluding carboxylic acids is 2. The molecule has 206 valence electrons. The predicted octanol–water partition coefficient (Wildman–Crippen LogP) is 2.12. The van der Waals surface area contributed by atoms with Gasteiger partial charge in [0.15, 0.2) is 0 Å². The van der Waals surface area contributed by atoms with Crippen molar-refractivity contribution in [2.24, 2.45) is 4.99 Å². The van der Waals surface area contributed by atoms with Crippen LogP contribution in [0.5, 0.6) is 0 Å². The number of aromatic nitrogens is 1. The first-order valence-electron chi connectivity index (χ1n) is 12.1. The van der Waals surface area contributed by atoms with Crippen molar-refractivity contribution in [3.8, 4) is 0 Å². The van der Waals surface area contributed by atoms with Gasteiger partial charge in [0.05, 0.1) is 23.9 Å². The number of carbonyl (C=O) groups is 2. The fourth-order valence-electron chi connectivity index (χ4n) is 3.69. The van der Waals surface area contributed by atoms with E-state index in [9.17, 15) is 22.8 Å². The monoisotopic (exact) mass is 539 g/mol. The molecule has 0 saturated heterocycles. The molecule has 0 fully saturated rings. The molecule has 1 aliphatic heterocycles. The van der Waals surface area contributed by atoms with Crippen molar-refractivity contribution < 1.29 is 28.0 Å². The second-order valence-corrected chi connectivity index (χ2v) is 11.7. The van der Waals surface area contributed by atoms with Crippen LogP contribution in [0.4, 0.5) is 5.69 Å². The summed E-state index contributed by atoms with van der Waals surface area (Å²) in [6.45, 7) is 10.2. The van der Waals surface area contributed by atoms with Crippen molar-refractivity contribution in [2.75, 3.05) is 17.0 Å². The highest BCUT2D eigenvalue weighted by molar-refractivity contribution is 7.92. The number of nitrogens with one attached hydrogen (secondary N) is 2. The molecule has 2 rings (SSSR count). The van der Waals surface area contributed by atoms with Crippen LogP contribution in [0.2, 0.25) is 0 Å². The molecule has 0 aliphatic carbocycles. The number of unbranched alkanes of at least 4 members (excludes halogenated alkanes) is 2. The van der Waals surface area contributed by atoms with Crippen LogP contribution in [0.1, 0.15) is 66.0 Å². The third kappa shape index (κ3) is 8.42. The number of aliphatic imine (C=N–C) groups is 1. The summed E-state index contributed by atoms with van der Waals surface area (Å²) < 4.78 is 33.9. The minimum atomic E-state index is -3.75. The highest BCUT2D eigenvalue weighted by Crippen LogP contribution is 2.23. The van der Waals surface area contributed by atoms with Gasteiger partial charge < -0.3 is 9.64 Å². The topological polar surface area (TPSA) is 159 Å². The fourth-order valence-corrected chi connectivity index (χ4v) is 4.86. The normalized spacial score (nSPS) is 17.1. The van der Waals surface area contributed by atoms with Gasteiger partial charge >= 0.3 is 5.97 Å². The van der Waals surface area contributed by atoms with Crippen LogP contribution in [-0.2, 0) is 24.3 Å². The summed E-state index contributed by atoms with van der Waals surface area (Å²) in [5.74, 6) is -1.28. The van der Waals surface area contributed by atoms with Gasteiger partial charge in [-0.05, 0) is 59.2 Å². The minimum Gasteiger partial charge on any atom is -0.460 e. The second kappa shape index (κ2) is 12.4. The Bertz CT molecular complexity index is 1230. The molecule has 0 saturated carbocycles. The van der Waals surface area contributed by atoms with E-state index >= 15 is 0 Å². The first-order valence-corrected chi connectivity index (χ1v) is 13.8. The maximum atomic E-state index is 13.4. The number of rotatable bonds is 10. The number of hydroxylamine groups is 1. The first kappa shape index (κ1) is 30.0. The molecule has 0 radical (unpaired) electrons. The predicted molar refractivity (Wildman–Crippen MR) is 140 cm³/mol. The number of hydrogen-bond donors (Lipinski definition) is 3. The molecular formula is C24H37N5O7S. The Morgan fingerprint density at radius 1 is 1.24 bits per heavy atom. The van der Waals surface area contributed by atoms with Gasteiger partial charge in [0, 0.05) is 5.69 Å². The average Bonchev–Trinajstić information content (AvgIpc) is 3.08. The van der Waals surface area contributed by atoms with E-state index in [-0.39, 0.29) is 30.4 Å². The molecule has 12 nitrogen and oxygen atoms in total. The van der Waals surface area contributed by atoms with E-state index in [2.05, 4.69) is 9.71 Å². The molecule has 1 amide bonds. The van der Waals surface area contributed by atoms with E-state index in [1.807, 2.05) is 6.92 Å². The molecule has 13 heteroatoms. The standard InChI is InChI=1S/C24H37N5O7S/c1-7-8-9-14-37(34,35)27-19-11-10-16(2)29(22(19)32)23-25-18(12-13-21(31)36-24(4,5)6)17(3)28(23)15-20(30)26-33/h10-12,17,27,33H,7-9,13-15H2,1-6H3,(H,26,30). The first-order chi connectivity index (χ1) is 17.2. The third-order valence-electron chi connectivity index (χ3n) is 5.48. The second-order valence-electron chi connectivity index (χ2n) is 9.83. The number of nitrogens with zero attached hydrogens (tertiary/aromatic N) is 3. The van der Waals surface area contributed by atoms with Crippen molar-refractivity contribution in [3.63, 3.8) is 0 Å². The number of sulfonamides is 1. The van der Waals surface area contributed by atoms with Crippen LogP contribution < -0.4 is 15.8 Å². The maximum absolute atomic E-state index is 13.4. The molecule has 2 heterocycles. The summed E-state index contributed by atoms with van der Waals surface area (Å²) in [4.78, 5) is 43.6. The number of anilines is 1. The lowest BCUT2D eigenvalue weighted by molar-refractivity contribution is -0.153. The fraction of sp³-hybridized carbons (Fsp3) is 0.583. The molecule has 37 heavy (non-hydrogen) atoms. The van der Waals surface area contributed by atoms with E-state index in [4.69, 9.17) is 9.94 Å². The van der Waals surface area contributed by atoms with Gasteiger partial charge in [-0.25, -0.2) is 23.5 Å². The van der Waals surface area contributed by atoms with Crippen molar-refractivity contribution in [1.82, 2.24) is 14.9 Å². The number of esters is 1. The Morgan fingerprint density at radius 2 is 1.92 bits per heavy atom. The van der Waals surface area contributed by atoms with Crippen LogP contribution in [-0.4, -0.2) is 64.9 Å². The van der Waals surface area contributed by atoms with Crippen LogP contribution in [0.15, 0.2) is 33.7 Å². The Hall–Kier alpha value is -3.19. The van der Waals surface area contributed by atoms with Crippen molar-refractivity contribution in [2.45, 2.75) is 78.9 Å². The summed E-state index contributed by atoms with van der Waals surface area (Å²) >= 11 is 0. The Kier molecular flexibility index (Phi) is 10.0. The van der Waals surface area contributed by atoms with Crippen LogP contribution in [0.25, 0.3) is 0 Å². The van der Waals surface area contributed by atoms with E-state index in [1.165, 1.54) is 15.5 Å². The minimum absolute atomic E-state index is 0.0565. The summed E-state index contributed by atoms with van der Waals surface area (Å²) in [7, 11) is -3.75. The van der Waals surface area contributed by atoms with E-state index in [1.54, 1.807) is 52.2 Å². The van der Waals surface area contributed by atoms with Gasteiger partial charge in [-0.2, -0.15) is 0 Å². The zero-order valence-corrected chi connectivity index (χ0v) is 23.0. The Labute approximate surface area is 217 Å². The number of aryl methyl sites for hydroxylation is 1. The van der Waals surface area contributed by atoms with Gasteiger partial charge in [0.1, 0.15) is 17.8 Å². The largest absolute Gasteiger partial charge is 0.460 e. The van der Waals surface area contributed by atoms with Crippen LogP contribution >= 0.6 is 0 Å². The van der Waals surface area contributed by atoms with E-state index < -0.39 is 39.1 Å². The zero-order chi connectivity index (χ0) is 28.0. The van der Waals surface area contributed by atoms with Crippen molar-refractivity contribution in [3.05, 3.63) is 40.0 Å². The number of pyridine rings is 1. The van der Waals surface area contributed by atoms with Crippen LogP contribution in [0, 0.1) is 6.92 Å². The SMILES string of the molecule is CCCCCS(=O)(=O)Nc1ccc(C)n(C2=NC(=CCC(=O)OC(C)(C)C)C(C)N2CC(=O)NO)c1=O. The van der Waals surface area contributed by atoms with Crippen molar-refractivity contribution >= 4 is 33.5 Å². The lowest BCUT2D eigenvalue weighted by Crippen LogP contribution is -2.47. The molecule has 1 unspecified atom stereocenters. The average molecular weight is 540 g/mol. The van der Waals surface area contributed by atoms with Gasteiger partial charge in [-0.3, -0.25) is 24.3 Å². The number of hydrogen-bond acceptors (Lipinski definition) is 9. The lowest BCUT2D eigenvalue weighted by atomic mass is 10.2. The smallest absolute Gasteiger partial charge is 0.310 e. The van der Waals surface area contributed by atoms with E-state index in [0.717, 1.165) is 12.8 Å². The Morgan fingerprint density at radius 3 is 2.51 bits per heavy atom. The summed E-state index contributed by atoms with van der Waals surface area (Å²) in [5.41, 5.74) is 0.915. The van der Waals surface area contributed by atoms with Gasteiger partial charge in [-0.15, -0.1) is 0 Å². The maximum Gasteiger partial charge on any atom is 0.310 e. The third-order valence-corrected chi connectivity index (χ3v) is 6.83. The number of ether oxygens (including phenoxy) is 1. The summed E-state index contributed by atoms with van der Waals surface area (Å²) in [5, 5.41) is 9.07. The lowest BCUT2D eigenvalue weighted by Gasteiger charge is -2.26. The van der Waals surface area contributed by atoms with Gasteiger partial charge in [-0.1, -0.05) is 19.8 Å². The molecule has 0 spiro atoms. The molecule has 0 aromatic carbocycles. The molecule has 0 bridgehead atoms. The van der Waals surface area contributed by atoms with Crippen LogP contribution in [0.3, 0.4) is 0 Å². The molecule has 1 aromatic heterocycles. The Balaban J connectivity index is 2.49. The van der Waals surface area contributed by atoms with Gasteiger partial charge in [0.25, 0.3) is 11.5 Å². The molecule has 3 N–H and O–H groups in total. The highest BCUT2D eigenvalue weighted by Gasteiger charge is 2.33. The molecule has 1 aromatic rings. The zero-order valence-electron chi connectivity index (χ0n) is 22.2. The highest BCUT2D eigenvalue weighted by atomic mass is 32.2. The molecular weight excluding hydrogens is 502 g/mol. The summed E-state index contributed by atoms with van der Waals surface area (Å²) in [6.07, 6.45) is 3.53. The quantitative estimate of drug-likeness (QED) is 0.176. The van der Waals surface area contributed by atoms with E-state index in [0.29, 0.717) is 17.8 Å². The molecule has 1 aliphatic rings.